The van der Waals surface area contributed by atoms with E-state index in [1.54, 1.807) is 36.4 Å². The quantitative estimate of drug-likeness (QED) is 0.140. The van der Waals surface area contributed by atoms with Gasteiger partial charge >= 0.3 is 5.97 Å². The van der Waals surface area contributed by atoms with Crippen LogP contribution in [0.5, 0.6) is 5.75 Å². The van der Waals surface area contributed by atoms with Crippen LogP contribution in [0.1, 0.15) is 78.7 Å². The number of nitrogens with zero attached hydrogens (tertiary/aromatic N) is 1. The molecule has 3 aromatic rings. The Bertz CT molecular complexity index is 1450. The van der Waals surface area contributed by atoms with Gasteiger partial charge in [0.2, 0.25) is 0 Å². The van der Waals surface area contributed by atoms with Gasteiger partial charge in [0.1, 0.15) is 11.5 Å². The first-order chi connectivity index (χ1) is 19.2. The minimum atomic E-state index is -0.869. The maximum atomic E-state index is 13.5. The summed E-state index contributed by atoms with van der Waals surface area (Å²) in [4.78, 5) is 40.7. The van der Waals surface area contributed by atoms with E-state index < -0.39 is 23.7 Å². The molecule has 0 radical (unpaired) electrons. The van der Waals surface area contributed by atoms with Crippen molar-refractivity contribution in [3.8, 4) is 5.75 Å². The van der Waals surface area contributed by atoms with Crippen molar-refractivity contribution in [2.75, 3.05) is 18.1 Å². The lowest BCUT2D eigenvalue weighted by Crippen LogP contribution is -2.29. The third-order valence-corrected chi connectivity index (χ3v) is 6.83. The fourth-order valence-electron chi connectivity index (χ4n) is 4.88. The van der Waals surface area contributed by atoms with Crippen molar-refractivity contribution < 1.29 is 29.0 Å². The van der Waals surface area contributed by atoms with Gasteiger partial charge in [0.25, 0.3) is 11.7 Å². The molecule has 0 aromatic heterocycles. The molecule has 3 aromatic carbocycles. The lowest BCUT2D eigenvalue weighted by atomic mass is 9.92. The number of aryl methyl sites for hydroxylation is 1. The predicted octanol–water partition coefficient (Wildman–Crippen LogP) is 6.71. The van der Waals surface area contributed by atoms with E-state index in [1.165, 1.54) is 4.90 Å². The largest absolute Gasteiger partial charge is 0.507 e. The molecule has 40 heavy (non-hydrogen) atoms. The van der Waals surface area contributed by atoms with Gasteiger partial charge in [-0.1, -0.05) is 50.6 Å². The zero-order valence-corrected chi connectivity index (χ0v) is 23.6. The van der Waals surface area contributed by atoms with Crippen LogP contribution in [0, 0.1) is 6.92 Å². The van der Waals surface area contributed by atoms with Crippen LogP contribution in [0.25, 0.3) is 5.76 Å². The van der Waals surface area contributed by atoms with Crippen LogP contribution < -0.4 is 9.64 Å². The van der Waals surface area contributed by atoms with Gasteiger partial charge in [-0.15, -0.1) is 0 Å². The number of Topliss-reactive ketones (excluding diaryl/α,β-unsaturated/α-hetero) is 1. The first kappa shape index (κ1) is 28.6. The van der Waals surface area contributed by atoms with Gasteiger partial charge in [-0.2, -0.15) is 0 Å². The van der Waals surface area contributed by atoms with Crippen molar-refractivity contribution >= 4 is 29.1 Å². The molecule has 1 saturated heterocycles. The molecule has 1 unspecified atom stereocenters. The van der Waals surface area contributed by atoms with Crippen molar-refractivity contribution in [2.24, 2.45) is 0 Å². The van der Waals surface area contributed by atoms with Crippen LogP contribution >= 0.6 is 0 Å². The average molecular weight is 542 g/mol. The van der Waals surface area contributed by atoms with E-state index in [0.717, 1.165) is 11.1 Å². The minimum Gasteiger partial charge on any atom is -0.507 e. The van der Waals surface area contributed by atoms with Crippen LogP contribution in [-0.4, -0.2) is 36.0 Å². The Hall–Kier alpha value is -4.39. The molecule has 208 valence electrons. The Balaban J connectivity index is 1.85. The van der Waals surface area contributed by atoms with Crippen molar-refractivity contribution in [3.63, 3.8) is 0 Å². The Morgan fingerprint density at radius 2 is 1.68 bits per heavy atom. The van der Waals surface area contributed by atoms with Crippen molar-refractivity contribution in [1.29, 1.82) is 0 Å². The maximum Gasteiger partial charge on any atom is 0.338 e. The zero-order valence-electron chi connectivity index (χ0n) is 23.6. The van der Waals surface area contributed by atoms with Crippen molar-refractivity contribution in [1.82, 2.24) is 0 Å². The molecular weight excluding hydrogens is 506 g/mol. The number of ketones is 1. The molecule has 0 aliphatic carbocycles. The highest BCUT2D eigenvalue weighted by atomic mass is 16.5. The van der Waals surface area contributed by atoms with Gasteiger partial charge in [0.05, 0.1) is 30.4 Å². The normalized spacial score (nSPS) is 16.4. The van der Waals surface area contributed by atoms with Crippen LogP contribution in [-0.2, 0) is 14.3 Å². The highest BCUT2D eigenvalue weighted by Crippen LogP contribution is 2.43. The number of esters is 1. The molecule has 1 aliphatic heterocycles. The van der Waals surface area contributed by atoms with Crippen molar-refractivity contribution in [3.05, 3.63) is 100 Å². The summed E-state index contributed by atoms with van der Waals surface area (Å²) in [5.74, 6) is -1.44. The number of carbonyl (C=O) groups is 3. The summed E-state index contributed by atoms with van der Waals surface area (Å²) in [6.45, 7) is 10.6. The van der Waals surface area contributed by atoms with Gasteiger partial charge < -0.3 is 14.6 Å². The first-order valence-corrected chi connectivity index (χ1v) is 13.6. The first-order valence-electron chi connectivity index (χ1n) is 13.6. The van der Waals surface area contributed by atoms with Gasteiger partial charge in [-0.3, -0.25) is 14.5 Å². The molecular formula is C33H35NO6. The number of anilines is 1. The van der Waals surface area contributed by atoms with Gasteiger partial charge in [-0.05, 0) is 79.8 Å². The lowest BCUT2D eigenvalue weighted by molar-refractivity contribution is -0.132. The summed E-state index contributed by atoms with van der Waals surface area (Å²) in [7, 11) is 0. The molecule has 7 nitrogen and oxygen atoms in total. The number of aliphatic hydroxyl groups is 1. The Labute approximate surface area is 235 Å². The molecule has 1 N–H and O–H groups in total. The van der Waals surface area contributed by atoms with E-state index >= 15 is 0 Å². The van der Waals surface area contributed by atoms with E-state index in [0.29, 0.717) is 47.8 Å². The summed E-state index contributed by atoms with van der Waals surface area (Å²) >= 11 is 0. The van der Waals surface area contributed by atoms with Crippen LogP contribution in [0.3, 0.4) is 0 Å². The summed E-state index contributed by atoms with van der Waals surface area (Å²) < 4.78 is 11.0. The number of hydrogen-bond acceptors (Lipinski definition) is 6. The fourth-order valence-corrected chi connectivity index (χ4v) is 4.88. The third-order valence-electron chi connectivity index (χ3n) is 6.83. The number of carbonyl (C=O) groups excluding carboxylic acids is 3. The molecule has 0 spiro atoms. The van der Waals surface area contributed by atoms with E-state index in [1.807, 2.05) is 65.0 Å². The Morgan fingerprint density at radius 3 is 2.30 bits per heavy atom. The van der Waals surface area contributed by atoms with Gasteiger partial charge in [0, 0.05) is 11.3 Å². The smallest absolute Gasteiger partial charge is 0.338 e. The second-order valence-electron chi connectivity index (χ2n) is 10.1. The molecule has 1 atom stereocenters. The molecule has 1 fully saturated rings. The van der Waals surface area contributed by atoms with E-state index in [4.69, 9.17) is 9.47 Å². The highest BCUT2D eigenvalue weighted by Gasteiger charge is 2.47. The molecule has 0 saturated carbocycles. The van der Waals surface area contributed by atoms with E-state index in [2.05, 4.69) is 0 Å². The number of aliphatic hydroxyl groups excluding tert-OH is 1. The zero-order chi connectivity index (χ0) is 29.0. The number of ether oxygens (including phenoxy) is 2. The molecule has 1 amide bonds. The molecule has 1 heterocycles. The summed E-state index contributed by atoms with van der Waals surface area (Å²) in [6.07, 6.45) is 0.706. The highest BCUT2D eigenvalue weighted by molar-refractivity contribution is 6.51. The number of benzene rings is 3. The standard InChI is InChI=1S/C33H35NO6/c1-6-17-40-33(38)22-11-14-25(15-12-22)34-29(23-10-8-9-21(5)18-23)28(31(36)32(34)37)30(35)24-13-16-27(39-7-2)26(19-24)20(3)4/h8-16,18-20,29,35H,6-7,17H2,1-5H3/b30-28-. The summed E-state index contributed by atoms with van der Waals surface area (Å²) in [6, 6.07) is 18.3. The van der Waals surface area contributed by atoms with E-state index in [-0.39, 0.29) is 17.3 Å². The lowest BCUT2D eigenvalue weighted by Gasteiger charge is -2.26. The number of hydrogen-bond donors (Lipinski definition) is 1. The topological polar surface area (TPSA) is 93.1 Å². The predicted molar refractivity (Wildman–Crippen MR) is 155 cm³/mol. The molecule has 4 rings (SSSR count). The Morgan fingerprint density at radius 1 is 0.975 bits per heavy atom. The molecule has 7 heteroatoms. The second-order valence-corrected chi connectivity index (χ2v) is 10.1. The summed E-state index contributed by atoms with van der Waals surface area (Å²) in [5, 5.41) is 11.6. The second kappa shape index (κ2) is 12.2. The Kier molecular flexibility index (Phi) is 8.73. The maximum absolute atomic E-state index is 13.5. The van der Waals surface area contributed by atoms with Gasteiger partial charge in [0.15, 0.2) is 0 Å². The van der Waals surface area contributed by atoms with E-state index in [9.17, 15) is 19.5 Å². The fraction of sp³-hybridized carbons (Fsp3) is 0.303. The number of amides is 1. The van der Waals surface area contributed by atoms with Crippen LogP contribution in [0.2, 0.25) is 0 Å². The molecule has 1 aliphatic rings. The summed E-state index contributed by atoms with van der Waals surface area (Å²) in [5.41, 5.74) is 3.71. The monoisotopic (exact) mass is 541 g/mol. The molecule has 0 bridgehead atoms. The van der Waals surface area contributed by atoms with Gasteiger partial charge in [-0.25, -0.2) is 4.79 Å². The third kappa shape index (κ3) is 5.64. The van der Waals surface area contributed by atoms with Crippen LogP contribution in [0.4, 0.5) is 5.69 Å². The SMILES string of the molecule is CCCOC(=O)c1ccc(N2C(=O)C(=O)/C(=C(\O)c3ccc(OCC)c(C(C)C)c3)C2c2cccc(C)c2)cc1. The number of rotatable bonds is 9. The van der Waals surface area contributed by atoms with Crippen LogP contribution in [0.15, 0.2) is 72.3 Å². The minimum absolute atomic E-state index is 0.000832. The average Bonchev–Trinajstić information content (AvgIpc) is 3.21. The van der Waals surface area contributed by atoms with Crippen molar-refractivity contribution in [2.45, 2.75) is 53.0 Å².